The third-order valence-electron chi connectivity index (χ3n) is 4.78. The molecule has 13 heteroatoms. The first kappa shape index (κ1) is 38.2. The maximum Gasteiger partial charge on any atom is 0.408 e. The number of halogens is 2. The molecule has 0 aromatic heterocycles. The number of nitrogens with one attached hydrogen (secondary N) is 2. The molecule has 39 heavy (non-hydrogen) atoms. The third kappa shape index (κ3) is 20.6. The molecule has 2 N–H and O–H groups in total. The zero-order chi connectivity index (χ0) is 31.0. The Hall–Kier alpha value is -2.99. The summed E-state index contributed by atoms with van der Waals surface area (Å²) in [7, 11) is 2.36. The van der Waals surface area contributed by atoms with Gasteiger partial charge in [-0.1, -0.05) is 13.8 Å². The highest BCUT2D eigenvalue weighted by Crippen LogP contribution is 2.25. The Bertz CT molecular complexity index is 806. The van der Waals surface area contributed by atoms with Gasteiger partial charge in [0.25, 0.3) is 0 Å². The van der Waals surface area contributed by atoms with Crippen LogP contribution in [0, 0.1) is 0 Å². The van der Waals surface area contributed by atoms with Gasteiger partial charge in [-0.25, -0.2) is 28.0 Å². The molecule has 0 bridgehead atoms. The molecular weight excluding hydrogens is 522 g/mol. The summed E-state index contributed by atoms with van der Waals surface area (Å²) >= 11 is 0. The van der Waals surface area contributed by atoms with Crippen LogP contribution in [0.25, 0.3) is 0 Å². The first-order chi connectivity index (χ1) is 17.7. The Morgan fingerprint density at radius 3 is 1.41 bits per heavy atom. The molecule has 0 saturated carbocycles. The van der Waals surface area contributed by atoms with Crippen LogP contribution in [-0.4, -0.2) is 73.3 Å². The third-order valence-corrected chi connectivity index (χ3v) is 4.78. The van der Waals surface area contributed by atoms with Crippen molar-refractivity contribution in [1.29, 1.82) is 0 Å². The number of ether oxygens (including phenoxy) is 4. The predicted octanol–water partition coefficient (Wildman–Crippen LogP) is 4.69. The van der Waals surface area contributed by atoms with Crippen LogP contribution in [0.5, 0.6) is 0 Å². The molecule has 0 radical (unpaired) electrons. The van der Waals surface area contributed by atoms with E-state index >= 15 is 0 Å². The lowest BCUT2D eigenvalue weighted by molar-refractivity contribution is -0.144. The first-order valence-electron chi connectivity index (χ1n) is 12.7. The Balaban J connectivity index is 0. The van der Waals surface area contributed by atoms with E-state index in [4.69, 9.17) is 9.47 Å². The molecule has 0 spiro atoms. The fourth-order valence-corrected chi connectivity index (χ4v) is 2.70. The average molecular weight is 569 g/mol. The van der Waals surface area contributed by atoms with E-state index in [0.717, 1.165) is 7.11 Å². The molecule has 0 aromatic carbocycles. The summed E-state index contributed by atoms with van der Waals surface area (Å²) in [5.74, 6) is -4.21. The lowest BCUT2D eigenvalue weighted by Gasteiger charge is -2.23. The van der Waals surface area contributed by atoms with Crippen molar-refractivity contribution in [3.8, 4) is 0 Å². The van der Waals surface area contributed by atoms with Crippen molar-refractivity contribution in [2.75, 3.05) is 14.2 Å². The summed E-state index contributed by atoms with van der Waals surface area (Å²) in [6.45, 7) is 13.2. The summed E-state index contributed by atoms with van der Waals surface area (Å²) in [5, 5.41) is 4.67. The summed E-state index contributed by atoms with van der Waals surface area (Å²) in [4.78, 5) is 57.4. The van der Waals surface area contributed by atoms with Gasteiger partial charge in [-0.15, -0.1) is 0 Å². The number of rotatable bonds is 12. The van der Waals surface area contributed by atoms with E-state index in [0.29, 0.717) is 6.42 Å². The number of hydrogen-bond acceptors (Lipinski definition) is 9. The van der Waals surface area contributed by atoms with Crippen LogP contribution in [0.2, 0.25) is 0 Å². The monoisotopic (exact) mass is 568 g/mol. The van der Waals surface area contributed by atoms with Gasteiger partial charge >= 0.3 is 24.1 Å². The Labute approximate surface area is 230 Å². The number of methoxy groups -OCH3 is 2. The molecule has 0 fully saturated rings. The van der Waals surface area contributed by atoms with Gasteiger partial charge < -0.3 is 29.6 Å². The number of amides is 2. The number of carbonyl (C=O) groups excluding carboxylic acids is 5. The van der Waals surface area contributed by atoms with Gasteiger partial charge in [0.15, 0.2) is 0 Å². The summed E-state index contributed by atoms with van der Waals surface area (Å²) < 4.78 is 45.5. The van der Waals surface area contributed by atoms with Crippen LogP contribution in [0.15, 0.2) is 0 Å². The molecule has 0 aliphatic carbocycles. The molecular formula is C26H46F2N2O9. The predicted molar refractivity (Wildman–Crippen MR) is 139 cm³/mol. The van der Waals surface area contributed by atoms with Gasteiger partial charge in [-0.3, -0.25) is 4.79 Å². The van der Waals surface area contributed by atoms with Gasteiger partial charge in [0.05, 0.1) is 14.2 Å². The standard InChI is InChI=1S/C13H23F2NO4.C13H23NO5/c1-6-13(14,15)8-7-9(10(17)19-5)16-11(18)20-12(2,3)4;1-6-9(15)7-8-10(11(16)18-5)14-12(17)19-13(2,3)4/h9H,6-8H2,1-5H3,(H,16,18);10H,6-8H2,1-5H3,(H,14,17)/t9-;10-/m00/s1. The smallest absolute Gasteiger partial charge is 0.408 e. The van der Waals surface area contributed by atoms with Crippen molar-refractivity contribution >= 4 is 29.9 Å². The number of ketones is 1. The molecule has 0 aromatic rings. The van der Waals surface area contributed by atoms with Crippen molar-refractivity contribution in [3.05, 3.63) is 0 Å². The minimum atomic E-state index is -2.87. The van der Waals surface area contributed by atoms with Crippen LogP contribution < -0.4 is 10.6 Å². The fourth-order valence-electron chi connectivity index (χ4n) is 2.70. The summed E-state index contributed by atoms with van der Waals surface area (Å²) in [6, 6.07) is -2.01. The quantitative estimate of drug-likeness (QED) is 0.253. The number of Topliss-reactive ketones (excluding diaryl/α,β-unsaturated/α-hetero) is 1. The second kappa shape index (κ2) is 17.6. The molecule has 0 rings (SSSR count). The molecule has 11 nitrogen and oxygen atoms in total. The molecule has 2 atom stereocenters. The van der Waals surface area contributed by atoms with E-state index in [1.807, 2.05) is 0 Å². The van der Waals surface area contributed by atoms with Crippen LogP contribution in [0.4, 0.5) is 18.4 Å². The van der Waals surface area contributed by atoms with Crippen molar-refractivity contribution in [2.24, 2.45) is 0 Å². The van der Waals surface area contributed by atoms with Crippen LogP contribution >= 0.6 is 0 Å². The molecule has 0 aliphatic rings. The van der Waals surface area contributed by atoms with Crippen LogP contribution in [0.1, 0.15) is 93.9 Å². The van der Waals surface area contributed by atoms with E-state index < -0.39 is 59.8 Å². The Kier molecular flexibility index (Phi) is 17.2. The van der Waals surface area contributed by atoms with Gasteiger partial charge in [-0.05, 0) is 54.4 Å². The van der Waals surface area contributed by atoms with E-state index in [-0.39, 0.29) is 31.5 Å². The average Bonchev–Trinajstić information content (AvgIpc) is 2.81. The van der Waals surface area contributed by atoms with E-state index in [2.05, 4.69) is 20.1 Å². The zero-order valence-electron chi connectivity index (χ0n) is 24.8. The molecule has 228 valence electrons. The largest absolute Gasteiger partial charge is 0.467 e. The normalized spacial score (nSPS) is 13.0. The van der Waals surface area contributed by atoms with Crippen molar-refractivity contribution in [1.82, 2.24) is 10.6 Å². The lowest BCUT2D eigenvalue weighted by atomic mass is 10.1. The first-order valence-corrected chi connectivity index (χ1v) is 12.7. The highest BCUT2D eigenvalue weighted by atomic mass is 19.3. The fraction of sp³-hybridized carbons (Fsp3) is 0.808. The maximum absolute atomic E-state index is 13.2. The van der Waals surface area contributed by atoms with Crippen LogP contribution in [-0.2, 0) is 33.3 Å². The highest BCUT2D eigenvalue weighted by molar-refractivity contribution is 5.83. The molecule has 0 aliphatic heterocycles. The number of carbonyl (C=O) groups is 5. The van der Waals surface area contributed by atoms with E-state index in [1.165, 1.54) is 14.0 Å². The van der Waals surface area contributed by atoms with Crippen molar-refractivity contribution in [3.63, 3.8) is 0 Å². The minimum absolute atomic E-state index is 0.0277. The molecule has 2 amide bonds. The second-order valence-electron chi connectivity index (χ2n) is 10.6. The summed E-state index contributed by atoms with van der Waals surface area (Å²) in [6.07, 6.45) is -1.77. The molecule has 0 unspecified atom stereocenters. The lowest BCUT2D eigenvalue weighted by Crippen LogP contribution is -2.44. The SMILES string of the molecule is CCC(=O)CC[C@H](NC(=O)OC(C)(C)C)C(=O)OC.CCC(F)(F)CC[C@H](NC(=O)OC(C)(C)C)C(=O)OC. The molecule has 0 heterocycles. The van der Waals surface area contributed by atoms with Crippen molar-refractivity contribution < 1.29 is 51.7 Å². The van der Waals surface area contributed by atoms with Gasteiger partial charge in [0, 0.05) is 25.7 Å². The Morgan fingerprint density at radius 1 is 0.718 bits per heavy atom. The van der Waals surface area contributed by atoms with E-state index in [1.54, 1.807) is 48.5 Å². The van der Waals surface area contributed by atoms with Crippen LogP contribution in [0.3, 0.4) is 0 Å². The summed E-state index contributed by atoms with van der Waals surface area (Å²) in [5.41, 5.74) is -1.39. The maximum atomic E-state index is 13.2. The number of hydrogen-bond donors (Lipinski definition) is 2. The van der Waals surface area contributed by atoms with Crippen molar-refractivity contribution in [2.45, 2.75) is 123 Å². The number of alkyl carbamates (subject to hydrolysis) is 2. The Morgan fingerprint density at radius 2 is 1.10 bits per heavy atom. The number of esters is 2. The highest BCUT2D eigenvalue weighted by Gasteiger charge is 2.31. The molecule has 0 saturated heterocycles. The van der Waals surface area contributed by atoms with E-state index in [9.17, 15) is 32.8 Å². The number of alkyl halides is 2. The topological polar surface area (TPSA) is 146 Å². The minimum Gasteiger partial charge on any atom is -0.467 e. The zero-order valence-corrected chi connectivity index (χ0v) is 24.8. The van der Waals surface area contributed by atoms with Gasteiger partial charge in [0.2, 0.25) is 5.92 Å². The van der Waals surface area contributed by atoms with Gasteiger partial charge in [-0.2, -0.15) is 0 Å². The second-order valence-corrected chi connectivity index (χ2v) is 10.6. The van der Waals surface area contributed by atoms with Gasteiger partial charge in [0.1, 0.15) is 29.1 Å².